The maximum atomic E-state index is 11.4. The smallest absolute Gasteiger partial charge is 0.175 e. The lowest BCUT2D eigenvalue weighted by Gasteiger charge is -2.15. The zero-order valence-corrected chi connectivity index (χ0v) is 13.4. The molecule has 1 atom stereocenters. The molecule has 0 amide bonds. The summed E-state index contributed by atoms with van der Waals surface area (Å²) in [5.41, 5.74) is 2.97. The van der Waals surface area contributed by atoms with Crippen LogP contribution in [0.5, 0.6) is 0 Å². The molecule has 0 aliphatic heterocycles. The van der Waals surface area contributed by atoms with E-state index in [0.717, 1.165) is 16.8 Å². The molecule has 1 N–H and O–H groups in total. The monoisotopic (exact) mass is 305 g/mol. The van der Waals surface area contributed by atoms with Crippen molar-refractivity contribution in [1.29, 1.82) is 0 Å². The maximum Gasteiger partial charge on any atom is 0.175 e. The molecule has 112 valence electrons. The molecule has 2 rings (SSSR count). The van der Waals surface area contributed by atoms with Gasteiger partial charge in [0.15, 0.2) is 9.84 Å². The Kier molecular flexibility index (Phi) is 4.27. The van der Waals surface area contributed by atoms with Crippen LogP contribution in [0.2, 0.25) is 0 Å². The van der Waals surface area contributed by atoms with E-state index in [1.807, 2.05) is 39.0 Å². The zero-order valence-electron chi connectivity index (χ0n) is 12.6. The Hall–Kier alpha value is -1.95. The second-order valence-electron chi connectivity index (χ2n) is 5.21. The molecule has 0 fully saturated rings. The second kappa shape index (κ2) is 5.81. The number of anilines is 1. The van der Waals surface area contributed by atoms with Crippen LogP contribution in [-0.4, -0.2) is 24.9 Å². The number of hydrogen-bond acceptors (Lipinski definition) is 5. The molecular formula is C15H19N3O2S. The Morgan fingerprint density at radius 1 is 1.10 bits per heavy atom. The third-order valence-corrected chi connectivity index (χ3v) is 4.53. The first-order chi connectivity index (χ1) is 9.77. The van der Waals surface area contributed by atoms with E-state index in [2.05, 4.69) is 15.5 Å². The molecule has 0 saturated heterocycles. The van der Waals surface area contributed by atoms with E-state index in [4.69, 9.17) is 0 Å². The summed E-state index contributed by atoms with van der Waals surface area (Å²) in [5, 5.41) is 11.4. The summed E-state index contributed by atoms with van der Waals surface area (Å²) in [6, 6.07) is 8.81. The first kappa shape index (κ1) is 15.4. The van der Waals surface area contributed by atoms with Gasteiger partial charge in [0.1, 0.15) is 5.82 Å². The van der Waals surface area contributed by atoms with Crippen LogP contribution in [0.1, 0.15) is 29.8 Å². The summed E-state index contributed by atoms with van der Waals surface area (Å²) < 4.78 is 22.9. The average Bonchev–Trinajstić information content (AvgIpc) is 2.42. The molecule has 1 heterocycles. The molecule has 0 radical (unpaired) electrons. The highest BCUT2D eigenvalue weighted by Crippen LogP contribution is 2.20. The van der Waals surface area contributed by atoms with E-state index in [-0.39, 0.29) is 6.04 Å². The van der Waals surface area contributed by atoms with E-state index in [9.17, 15) is 8.42 Å². The zero-order chi connectivity index (χ0) is 15.6. The fourth-order valence-electron chi connectivity index (χ4n) is 1.93. The number of rotatable bonds is 4. The van der Waals surface area contributed by atoms with Gasteiger partial charge in [0.2, 0.25) is 0 Å². The molecule has 0 bridgehead atoms. The molecular weight excluding hydrogens is 286 g/mol. The van der Waals surface area contributed by atoms with Crippen LogP contribution >= 0.6 is 0 Å². The maximum absolute atomic E-state index is 11.4. The predicted molar refractivity (Wildman–Crippen MR) is 83.1 cm³/mol. The van der Waals surface area contributed by atoms with Crippen molar-refractivity contribution >= 4 is 15.7 Å². The number of aryl methyl sites for hydroxylation is 2. The summed E-state index contributed by atoms with van der Waals surface area (Å²) in [5.74, 6) is 0.706. The molecule has 21 heavy (non-hydrogen) atoms. The Morgan fingerprint density at radius 2 is 1.71 bits per heavy atom. The van der Waals surface area contributed by atoms with E-state index in [1.54, 1.807) is 12.1 Å². The Labute approximate surface area is 125 Å². The lowest BCUT2D eigenvalue weighted by atomic mass is 10.1. The minimum absolute atomic E-state index is 0.00927. The topological polar surface area (TPSA) is 72.0 Å². The number of nitrogens with one attached hydrogen (secondary N) is 1. The molecule has 1 aromatic heterocycles. The van der Waals surface area contributed by atoms with Crippen molar-refractivity contribution < 1.29 is 8.42 Å². The van der Waals surface area contributed by atoms with Crippen molar-refractivity contribution in [2.45, 2.75) is 31.7 Å². The summed E-state index contributed by atoms with van der Waals surface area (Å²) >= 11 is 0. The van der Waals surface area contributed by atoms with Crippen LogP contribution in [0.3, 0.4) is 0 Å². The van der Waals surface area contributed by atoms with E-state index >= 15 is 0 Å². The molecule has 2 aromatic rings. The highest BCUT2D eigenvalue weighted by atomic mass is 32.2. The van der Waals surface area contributed by atoms with Gasteiger partial charge in [-0.05, 0) is 50.1 Å². The Morgan fingerprint density at radius 3 is 2.24 bits per heavy atom. The summed E-state index contributed by atoms with van der Waals surface area (Å²) in [4.78, 5) is 0.324. The van der Waals surface area contributed by atoms with E-state index < -0.39 is 9.84 Å². The minimum atomic E-state index is -3.16. The number of nitrogens with zero attached hydrogens (tertiary/aromatic N) is 2. The fourth-order valence-corrected chi connectivity index (χ4v) is 2.56. The molecule has 0 saturated carbocycles. The number of aromatic nitrogens is 2. The van der Waals surface area contributed by atoms with E-state index in [0.29, 0.717) is 10.7 Å². The minimum Gasteiger partial charge on any atom is -0.362 e. The lowest BCUT2D eigenvalue weighted by Crippen LogP contribution is -2.09. The normalized spacial score (nSPS) is 13.0. The van der Waals surface area contributed by atoms with Gasteiger partial charge in [0.05, 0.1) is 10.6 Å². The van der Waals surface area contributed by atoms with Gasteiger partial charge in [-0.3, -0.25) is 0 Å². The summed E-state index contributed by atoms with van der Waals surface area (Å²) in [6.45, 7) is 5.90. The van der Waals surface area contributed by atoms with Gasteiger partial charge in [-0.1, -0.05) is 12.1 Å². The first-order valence-corrected chi connectivity index (χ1v) is 8.54. The van der Waals surface area contributed by atoms with Crippen LogP contribution in [0.4, 0.5) is 5.82 Å². The lowest BCUT2D eigenvalue weighted by molar-refractivity contribution is 0.602. The number of hydrogen-bond donors (Lipinski definition) is 1. The molecule has 1 unspecified atom stereocenters. The summed E-state index contributed by atoms with van der Waals surface area (Å²) in [7, 11) is -3.16. The number of benzene rings is 1. The largest absolute Gasteiger partial charge is 0.362 e. The predicted octanol–water partition coefficient (Wildman–Crippen LogP) is 2.67. The van der Waals surface area contributed by atoms with Crippen LogP contribution in [0, 0.1) is 13.8 Å². The third-order valence-electron chi connectivity index (χ3n) is 3.40. The van der Waals surface area contributed by atoms with Gasteiger partial charge >= 0.3 is 0 Å². The van der Waals surface area contributed by atoms with Crippen LogP contribution < -0.4 is 5.32 Å². The molecule has 0 aliphatic rings. The van der Waals surface area contributed by atoms with Gasteiger partial charge in [-0.15, -0.1) is 5.10 Å². The highest BCUT2D eigenvalue weighted by Gasteiger charge is 2.10. The van der Waals surface area contributed by atoms with Crippen molar-refractivity contribution in [3.63, 3.8) is 0 Å². The Balaban J connectivity index is 2.16. The van der Waals surface area contributed by atoms with Crippen molar-refractivity contribution in [2.24, 2.45) is 0 Å². The van der Waals surface area contributed by atoms with Gasteiger partial charge < -0.3 is 5.32 Å². The van der Waals surface area contributed by atoms with Crippen molar-refractivity contribution in [3.05, 3.63) is 47.2 Å². The third kappa shape index (κ3) is 3.78. The van der Waals surface area contributed by atoms with Gasteiger partial charge in [0, 0.05) is 12.3 Å². The molecule has 6 heteroatoms. The number of sulfone groups is 1. The highest BCUT2D eigenvalue weighted by molar-refractivity contribution is 7.90. The van der Waals surface area contributed by atoms with Crippen molar-refractivity contribution in [2.75, 3.05) is 11.6 Å². The SMILES string of the molecule is Cc1cc(NC(C)c2ccc(S(C)(=O)=O)cc2)nnc1C. The van der Waals surface area contributed by atoms with Crippen LogP contribution in [0.25, 0.3) is 0 Å². The van der Waals surface area contributed by atoms with Crippen molar-refractivity contribution in [3.8, 4) is 0 Å². The molecule has 5 nitrogen and oxygen atoms in total. The van der Waals surface area contributed by atoms with Crippen LogP contribution in [0.15, 0.2) is 35.2 Å². The standard InChI is InChI=1S/C15H19N3O2S/c1-10-9-15(18-17-11(10)2)16-12(3)13-5-7-14(8-6-13)21(4,19)20/h5-9,12H,1-4H3,(H,16,18). The van der Waals surface area contributed by atoms with Gasteiger partial charge in [0.25, 0.3) is 0 Å². The average molecular weight is 305 g/mol. The van der Waals surface area contributed by atoms with Crippen LogP contribution in [-0.2, 0) is 9.84 Å². The Bertz CT molecular complexity index is 740. The second-order valence-corrected chi connectivity index (χ2v) is 7.22. The fraction of sp³-hybridized carbons (Fsp3) is 0.333. The van der Waals surface area contributed by atoms with E-state index in [1.165, 1.54) is 6.26 Å². The van der Waals surface area contributed by atoms with Gasteiger partial charge in [-0.25, -0.2) is 8.42 Å². The molecule has 1 aromatic carbocycles. The molecule has 0 spiro atoms. The van der Waals surface area contributed by atoms with Crippen molar-refractivity contribution in [1.82, 2.24) is 10.2 Å². The summed E-state index contributed by atoms with van der Waals surface area (Å²) in [6.07, 6.45) is 1.20. The first-order valence-electron chi connectivity index (χ1n) is 6.65. The van der Waals surface area contributed by atoms with Gasteiger partial charge in [-0.2, -0.15) is 5.10 Å². The molecule has 0 aliphatic carbocycles. The quantitative estimate of drug-likeness (QED) is 0.940.